The number of ether oxygens (including phenoxy) is 2. The van der Waals surface area contributed by atoms with E-state index in [0.717, 1.165) is 11.1 Å². The minimum atomic E-state index is -0.476. The third kappa shape index (κ3) is 6.36. The van der Waals surface area contributed by atoms with E-state index in [1.165, 1.54) is 16.3 Å². The second-order valence-corrected chi connectivity index (χ2v) is 9.56. The largest absolute Gasteiger partial charge is 0.383 e. The fraction of sp³-hybridized carbons (Fsp3) is 0.385. The summed E-state index contributed by atoms with van der Waals surface area (Å²) in [6.07, 6.45) is 0. The molecule has 0 spiro atoms. The molecule has 0 radical (unpaired) electrons. The van der Waals surface area contributed by atoms with Gasteiger partial charge in [-0.1, -0.05) is 23.9 Å². The Kier molecular flexibility index (Phi) is 9.20. The Labute approximate surface area is 209 Å². The number of Topliss-reactive ketones (excluding diaryl/α,β-unsaturated/α-hetero) is 1. The second kappa shape index (κ2) is 12.1. The Balaban J connectivity index is 1.97. The van der Waals surface area contributed by atoms with E-state index in [1.54, 1.807) is 39.3 Å². The van der Waals surface area contributed by atoms with E-state index < -0.39 is 5.25 Å². The summed E-state index contributed by atoms with van der Waals surface area (Å²) < 4.78 is 11.7. The summed E-state index contributed by atoms with van der Waals surface area (Å²) in [6.45, 7) is 7.17. The smallest absolute Gasteiger partial charge is 0.262 e. The number of methoxy groups -OCH3 is 2. The van der Waals surface area contributed by atoms with Crippen LogP contribution in [-0.2, 0) is 16.0 Å². The molecular formula is C26H31N3O5S. The zero-order valence-electron chi connectivity index (χ0n) is 20.7. The van der Waals surface area contributed by atoms with Crippen molar-refractivity contribution in [2.24, 2.45) is 0 Å². The normalized spacial score (nSPS) is 12.0. The maximum absolute atomic E-state index is 13.3. The number of aromatic nitrogens is 2. The number of carbonyl (C=O) groups excluding carboxylic acids is 2. The topological polar surface area (TPSA) is 99.5 Å². The molecule has 3 aromatic rings. The third-order valence-electron chi connectivity index (χ3n) is 5.74. The molecule has 35 heavy (non-hydrogen) atoms. The number of ketones is 1. The van der Waals surface area contributed by atoms with E-state index in [4.69, 9.17) is 9.47 Å². The summed E-state index contributed by atoms with van der Waals surface area (Å²) in [5.41, 5.74) is 3.34. The molecule has 0 fully saturated rings. The van der Waals surface area contributed by atoms with Crippen molar-refractivity contribution >= 4 is 34.4 Å². The molecule has 9 heteroatoms. The molecule has 0 saturated heterocycles. The predicted molar refractivity (Wildman–Crippen MR) is 138 cm³/mol. The van der Waals surface area contributed by atoms with Gasteiger partial charge in [-0.2, -0.15) is 0 Å². The van der Waals surface area contributed by atoms with Crippen LogP contribution in [-0.4, -0.2) is 60.5 Å². The Morgan fingerprint density at radius 2 is 1.74 bits per heavy atom. The van der Waals surface area contributed by atoms with Crippen LogP contribution in [0.1, 0.15) is 38.8 Å². The summed E-state index contributed by atoms with van der Waals surface area (Å²) in [5.74, 6) is -0.321. The average Bonchev–Trinajstić information content (AvgIpc) is 2.84. The highest BCUT2D eigenvalue weighted by Crippen LogP contribution is 2.26. The van der Waals surface area contributed by atoms with Crippen LogP contribution in [0.5, 0.6) is 0 Å². The molecule has 0 bridgehead atoms. The van der Waals surface area contributed by atoms with Crippen LogP contribution < -0.4 is 10.9 Å². The molecule has 0 aliphatic rings. The van der Waals surface area contributed by atoms with Gasteiger partial charge in [0, 0.05) is 31.9 Å². The molecule has 1 N–H and O–H groups in total. The van der Waals surface area contributed by atoms with Crippen molar-refractivity contribution in [3.63, 3.8) is 0 Å². The third-order valence-corrected chi connectivity index (χ3v) is 6.83. The van der Waals surface area contributed by atoms with Crippen LogP contribution in [0.15, 0.2) is 46.3 Å². The summed E-state index contributed by atoms with van der Waals surface area (Å²) >= 11 is 1.22. The van der Waals surface area contributed by atoms with Crippen LogP contribution in [0, 0.1) is 13.8 Å². The van der Waals surface area contributed by atoms with E-state index in [9.17, 15) is 14.4 Å². The highest BCUT2D eigenvalue weighted by atomic mass is 32.2. The maximum Gasteiger partial charge on any atom is 0.262 e. The van der Waals surface area contributed by atoms with Gasteiger partial charge in [0.25, 0.3) is 11.5 Å². The first-order valence-corrected chi connectivity index (χ1v) is 12.2. The van der Waals surface area contributed by atoms with Crippen molar-refractivity contribution in [3.05, 3.63) is 69.0 Å². The molecule has 2 aromatic carbocycles. The first-order chi connectivity index (χ1) is 16.8. The Bertz CT molecular complexity index is 1290. The average molecular weight is 498 g/mol. The molecule has 1 amide bonds. The highest BCUT2D eigenvalue weighted by Gasteiger charge is 2.21. The van der Waals surface area contributed by atoms with Gasteiger partial charge < -0.3 is 14.8 Å². The molecule has 0 saturated carbocycles. The Hall–Kier alpha value is -3.01. The van der Waals surface area contributed by atoms with Gasteiger partial charge in [-0.3, -0.25) is 19.0 Å². The number of benzene rings is 2. The second-order valence-electron chi connectivity index (χ2n) is 8.25. The van der Waals surface area contributed by atoms with E-state index in [2.05, 4.69) is 10.3 Å². The van der Waals surface area contributed by atoms with Crippen molar-refractivity contribution in [3.8, 4) is 0 Å². The number of carbonyl (C=O) groups is 2. The minimum absolute atomic E-state index is 0.0444. The first kappa shape index (κ1) is 26.6. The molecule has 1 atom stereocenters. The number of rotatable bonds is 11. The summed E-state index contributed by atoms with van der Waals surface area (Å²) in [7, 11) is 3.12. The number of hydrogen-bond donors (Lipinski definition) is 1. The highest BCUT2D eigenvalue weighted by molar-refractivity contribution is 8.00. The number of nitrogens with one attached hydrogen (secondary N) is 1. The molecule has 0 aliphatic heterocycles. The van der Waals surface area contributed by atoms with Gasteiger partial charge in [0.15, 0.2) is 10.9 Å². The van der Waals surface area contributed by atoms with Crippen molar-refractivity contribution in [2.75, 3.05) is 34.0 Å². The Morgan fingerprint density at radius 3 is 2.43 bits per heavy atom. The molecule has 1 aromatic heterocycles. The first-order valence-electron chi connectivity index (χ1n) is 11.4. The van der Waals surface area contributed by atoms with Gasteiger partial charge in [-0.05, 0) is 56.2 Å². The van der Waals surface area contributed by atoms with Crippen molar-refractivity contribution in [1.82, 2.24) is 14.9 Å². The number of thioether (sulfide) groups is 1. The lowest BCUT2D eigenvalue weighted by molar-refractivity contribution is 0.0936. The van der Waals surface area contributed by atoms with Gasteiger partial charge in [0.1, 0.15) is 0 Å². The number of aryl methyl sites for hydroxylation is 2. The van der Waals surface area contributed by atoms with Crippen LogP contribution in [0.4, 0.5) is 0 Å². The molecule has 186 valence electrons. The number of nitrogens with zero attached hydrogens (tertiary/aromatic N) is 2. The molecule has 8 nitrogen and oxygen atoms in total. The number of fused-ring (bicyclic) bond motifs is 1. The monoisotopic (exact) mass is 497 g/mol. The zero-order chi connectivity index (χ0) is 25.5. The molecular weight excluding hydrogens is 466 g/mol. The fourth-order valence-corrected chi connectivity index (χ4v) is 4.53. The van der Waals surface area contributed by atoms with E-state index in [0.29, 0.717) is 53.5 Å². The van der Waals surface area contributed by atoms with Gasteiger partial charge in [0.05, 0.1) is 35.9 Å². The van der Waals surface area contributed by atoms with Gasteiger partial charge in [0.2, 0.25) is 0 Å². The van der Waals surface area contributed by atoms with Crippen molar-refractivity contribution in [2.45, 2.75) is 37.7 Å². The lowest BCUT2D eigenvalue weighted by Gasteiger charge is -2.16. The lowest BCUT2D eigenvalue weighted by Crippen LogP contribution is -2.28. The molecule has 0 unspecified atom stereocenters. The van der Waals surface area contributed by atoms with Gasteiger partial charge in [-0.25, -0.2) is 4.98 Å². The summed E-state index contributed by atoms with van der Waals surface area (Å²) in [4.78, 5) is 43.6. The van der Waals surface area contributed by atoms with E-state index >= 15 is 0 Å². The van der Waals surface area contributed by atoms with Crippen LogP contribution in [0.2, 0.25) is 0 Å². The van der Waals surface area contributed by atoms with Crippen molar-refractivity contribution < 1.29 is 19.1 Å². The van der Waals surface area contributed by atoms with Crippen LogP contribution >= 0.6 is 11.8 Å². The summed E-state index contributed by atoms with van der Waals surface area (Å²) in [6, 6.07) is 10.4. The molecule has 1 heterocycles. The van der Waals surface area contributed by atoms with Gasteiger partial charge in [-0.15, -0.1) is 0 Å². The van der Waals surface area contributed by atoms with Crippen LogP contribution in [0.25, 0.3) is 10.9 Å². The number of hydrogen-bond acceptors (Lipinski definition) is 7. The predicted octanol–water partition coefficient (Wildman–Crippen LogP) is 3.40. The molecule has 0 aliphatic carbocycles. The fourth-order valence-electron chi connectivity index (χ4n) is 3.52. The standard InChI is InChI=1S/C26H31N3O5S/c1-16-6-7-19(14-17(16)2)23(30)18(3)35-26-28-22-15-20(24(31)27-10-12-33-4)8-9-21(22)25(32)29(26)11-13-34-5/h6-9,14-15,18H,10-13H2,1-5H3,(H,27,31)/t18-/m0/s1. The molecule has 3 rings (SSSR count). The van der Waals surface area contributed by atoms with E-state index in [-0.39, 0.29) is 17.2 Å². The minimum Gasteiger partial charge on any atom is -0.383 e. The maximum atomic E-state index is 13.3. The van der Waals surface area contributed by atoms with Crippen LogP contribution in [0.3, 0.4) is 0 Å². The quantitative estimate of drug-likeness (QED) is 0.188. The zero-order valence-corrected chi connectivity index (χ0v) is 21.5. The van der Waals surface area contributed by atoms with E-state index in [1.807, 2.05) is 32.0 Å². The Morgan fingerprint density at radius 1 is 1.03 bits per heavy atom. The van der Waals surface area contributed by atoms with Gasteiger partial charge >= 0.3 is 0 Å². The summed E-state index contributed by atoms with van der Waals surface area (Å²) in [5, 5.41) is 3.09. The SMILES string of the molecule is COCCNC(=O)c1ccc2c(=O)n(CCOC)c(S[C@@H](C)C(=O)c3ccc(C)c(C)c3)nc2c1. The number of amides is 1. The van der Waals surface area contributed by atoms with Crippen molar-refractivity contribution in [1.29, 1.82) is 0 Å². The lowest BCUT2D eigenvalue weighted by atomic mass is 10.0.